The van der Waals surface area contributed by atoms with Crippen LogP contribution in [-0.4, -0.2) is 41.5 Å². The topological polar surface area (TPSA) is 58.4 Å². The van der Waals surface area contributed by atoms with Gasteiger partial charge < -0.3 is 11.1 Å². The fourth-order valence-corrected chi connectivity index (χ4v) is 3.06. The second kappa shape index (κ2) is 6.44. The Labute approximate surface area is 123 Å². The van der Waals surface area contributed by atoms with Crippen molar-refractivity contribution in [2.45, 2.75) is 76.9 Å². The van der Waals surface area contributed by atoms with Crippen LogP contribution in [0.3, 0.4) is 0 Å². The van der Waals surface area contributed by atoms with Gasteiger partial charge in [-0.2, -0.15) is 0 Å². The van der Waals surface area contributed by atoms with Gasteiger partial charge >= 0.3 is 0 Å². The van der Waals surface area contributed by atoms with Crippen LogP contribution in [0.25, 0.3) is 0 Å². The van der Waals surface area contributed by atoms with E-state index in [1.165, 1.54) is 32.2 Å². The van der Waals surface area contributed by atoms with Crippen molar-refractivity contribution in [1.29, 1.82) is 0 Å². The molecule has 2 rings (SSSR count). The summed E-state index contributed by atoms with van der Waals surface area (Å²) in [5, 5.41) is 3.36. The van der Waals surface area contributed by atoms with Crippen molar-refractivity contribution in [3.05, 3.63) is 0 Å². The van der Waals surface area contributed by atoms with E-state index in [1.54, 1.807) is 0 Å². The minimum atomic E-state index is -0.577. The molecule has 0 aliphatic heterocycles. The van der Waals surface area contributed by atoms with Gasteiger partial charge in [-0.3, -0.25) is 9.69 Å². The second-order valence-corrected chi connectivity index (χ2v) is 7.05. The maximum Gasteiger partial charge on any atom is 0.237 e. The van der Waals surface area contributed by atoms with E-state index in [0.717, 1.165) is 31.3 Å². The van der Waals surface area contributed by atoms with Crippen LogP contribution < -0.4 is 11.1 Å². The third kappa shape index (κ3) is 4.19. The summed E-state index contributed by atoms with van der Waals surface area (Å²) in [5.74, 6) is 0.682. The summed E-state index contributed by atoms with van der Waals surface area (Å²) in [7, 11) is 0. The van der Waals surface area contributed by atoms with Gasteiger partial charge in [-0.1, -0.05) is 6.92 Å². The highest BCUT2D eigenvalue weighted by Gasteiger charge is 2.40. The fraction of sp³-hybridized carbons (Fsp3) is 0.938. The Kier molecular flexibility index (Phi) is 5.08. The van der Waals surface area contributed by atoms with Crippen LogP contribution in [-0.2, 0) is 4.79 Å². The fourth-order valence-electron chi connectivity index (χ4n) is 3.06. The molecule has 20 heavy (non-hydrogen) atoms. The number of carbonyl (C=O) groups excluding carboxylic acids is 1. The highest BCUT2D eigenvalue weighted by atomic mass is 16.1. The molecule has 2 fully saturated rings. The SMILES string of the molecule is CCCNC(C)(CC(C)N(CC1CC1)C1CC1)C(N)=O. The van der Waals surface area contributed by atoms with Crippen molar-refractivity contribution in [2.75, 3.05) is 13.1 Å². The Morgan fingerprint density at radius 1 is 1.40 bits per heavy atom. The van der Waals surface area contributed by atoms with Crippen LogP contribution in [0.5, 0.6) is 0 Å². The second-order valence-electron chi connectivity index (χ2n) is 7.05. The number of nitrogens with two attached hydrogens (primary N) is 1. The normalized spacial score (nSPS) is 23.6. The van der Waals surface area contributed by atoms with Crippen LogP contribution in [0.2, 0.25) is 0 Å². The predicted molar refractivity (Wildman–Crippen MR) is 82.4 cm³/mol. The van der Waals surface area contributed by atoms with E-state index in [-0.39, 0.29) is 5.91 Å². The first-order valence-electron chi connectivity index (χ1n) is 8.27. The smallest absolute Gasteiger partial charge is 0.237 e. The number of carbonyl (C=O) groups is 1. The lowest BCUT2D eigenvalue weighted by molar-refractivity contribution is -0.124. The van der Waals surface area contributed by atoms with Crippen molar-refractivity contribution >= 4 is 5.91 Å². The first-order chi connectivity index (χ1) is 9.46. The van der Waals surface area contributed by atoms with Crippen molar-refractivity contribution in [2.24, 2.45) is 11.7 Å². The van der Waals surface area contributed by atoms with E-state index in [0.29, 0.717) is 6.04 Å². The number of hydrogen-bond acceptors (Lipinski definition) is 3. The molecule has 0 aromatic heterocycles. The number of amides is 1. The van der Waals surface area contributed by atoms with Gasteiger partial charge in [0.25, 0.3) is 0 Å². The third-order valence-electron chi connectivity index (χ3n) is 4.76. The Morgan fingerprint density at radius 3 is 2.50 bits per heavy atom. The minimum Gasteiger partial charge on any atom is -0.368 e. The number of rotatable bonds is 10. The molecule has 0 aromatic carbocycles. The molecule has 0 bridgehead atoms. The quantitative estimate of drug-likeness (QED) is 0.643. The van der Waals surface area contributed by atoms with Crippen molar-refractivity contribution in [1.82, 2.24) is 10.2 Å². The summed E-state index contributed by atoms with van der Waals surface area (Å²) in [4.78, 5) is 14.5. The van der Waals surface area contributed by atoms with E-state index in [2.05, 4.69) is 24.1 Å². The molecular formula is C16H31N3O. The maximum absolute atomic E-state index is 11.8. The van der Waals surface area contributed by atoms with Gasteiger partial charge in [0.1, 0.15) is 0 Å². The summed E-state index contributed by atoms with van der Waals surface area (Å²) in [5.41, 5.74) is 5.07. The van der Waals surface area contributed by atoms with Crippen molar-refractivity contribution < 1.29 is 4.79 Å². The standard InChI is InChI=1S/C16H31N3O/c1-4-9-18-16(3,15(17)20)10-12(2)19(14-7-8-14)11-13-5-6-13/h12-14,18H,4-11H2,1-3H3,(H2,17,20). The summed E-state index contributed by atoms with van der Waals surface area (Å²) >= 11 is 0. The average Bonchev–Trinajstić information content (AvgIpc) is 3.26. The first kappa shape index (κ1) is 15.8. The lowest BCUT2D eigenvalue weighted by Gasteiger charge is -2.36. The number of hydrogen-bond donors (Lipinski definition) is 2. The average molecular weight is 281 g/mol. The van der Waals surface area contributed by atoms with Crippen molar-refractivity contribution in [3.8, 4) is 0 Å². The van der Waals surface area contributed by atoms with Crippen LogP contribution in [0.4, 0.5) is 0 Å². The van der Waals surface area contributed by atoms with Gasteiger partial charge in [0.15, 0.2) is 0 Å². The largest absolute Gasteiger partial charge is 0.368 e. The van der Waals surface area contributed by atoms with E-state index in [1.807, 2.05) is 6.92 Å². The van der Waals surface area contributed by atoms with Crippen LogP contribution >= 0.6 is 0 Å². The highest BCUT2D eigenvalue weighted by molar-refractivity contribution is 5.84. The number of nitrogens with one attached hydrogen (secondary N) is 1. The van der Waals surface area contributed by atoms with Gasteiger partial charge in [0.2, 0.25) is 5.91 Å². The highest BCUT2D eigenvalue weighted by Crippen LogP contribution is 2.37. The Morgan fingerprint density at radius 2 is 2.05 bits per heavy atom. The van der Waals surface area contributed by atoms with E-state index < -0.39 is 5.54 Å². The molecule has 2 unspecified atom stereocenters. The monoisotopic (exact) mass is 281 g/mol. The van der Waals surface area contributed by atoms with E-state index >= 15 is 0 Å². The zero-order chi connectivity index (χ0) is 14.8. The maximum atomic E-state index is 11.8. The lowest BCUT2D eigenvalue weighted by Crippen LogP contribution is -2.56. The zero-order valence-corrected chi connectivity index (χ0v) is 13.3. The molecule has 0 spiro atoms. The molecule has 2 aliphatic carbocycles. The molecular weight excluding hydrogens is 250 g/mol. The molecule has 4 nitrogen and oxygen atoms in total. The lowest BCUT2D eigenvalue weighted by atomic mass is 9.91. The molecule has 0 radical (unpaired) electrons. The van der Waals surface area contributed by atoms with Gasteiger partial charge in [0, 0.05) is 18.6 Å². The molecule has 2 aliphatic rings. The van der Waals surface area contributed by atoms with Gasteiger partial charge in [0.05, 0.1) is 5.54 Å². The first-order valence-corrected chi connectivity index (χ1v) is 8.27. The summed E-state index contributed by atoms with van der Waals surface area (Å²) in [6, 6.07) is 1.18. The molecule has 0 aromatic rings. The molecule has 2 saturated carbocycles. The zero-order valence-electron chi connectivity index (χ0n) is 13.3. The van der Waals surface area contributed by atoms with Crippen LogP contribution in [0.1, 0.15) is 59.3 Å². The molecule has 0 saturated heterocycles. The van der Waals surface area contributed by atoms with E-state index in [9.17, 15) is 4.79 Å². The Hall–Kier alpha value is -0.610. The van der Waals surface area contributed by atoms with Gasteiger partial charge in [-0.25, -0.2) is 0 Å². The molecule has 0 heterocycles. The summed E-state index contributed by atoms with van der Waals surface area (Å²) < 4.78 is 0. The molecule has 3 N–H and O–H groups in total. The summed E-state index contributed by atoms with van der Waals surface area (Å²) in [6.45, 7) is 8.40. The van der Waals surface area contributed by atoms with Gasteiger partial charge in [-0.15, -0.1) is 0 Å². The van der Waals surface area contributed by atoms with Crippen molar-refractivity contribution in [3.63, 3.8) is 0 Å². The van der Waals surface area contributed by atoms with Crippen LogP contribution in [0, 0.1) is 5.92 Å². The molecule has 4 heteroatoms. The number of primary amides is 1. The molecule has 116 valence electrons. The molecule has 2 atom stereocenters. The Balaban J connectivity index is 1.94. The van der Waals surface area contributed by atoms with Gasteiger partial charge in [-0.05, 0) is 64.8 Å². The van der Waals surface area contributed by atoms with Crippen LogP contribution in [0.15, 0.2) is 0 Å². The Bertz CT molecular complexity index is 339. The number of nitrogens with zero attached hydrogens (tertiary/aromatic N) is 1. The summed E-state index contributed by atoms with van der Waals surface area (Å²) in [6.07, 6.45) is 7.25. The molecule has 1 amide bonds. The predicted octanol–water partition coefficient (Wildman–Crippen LogP) is 1.88. The minimum absolute atomic E-state index is 0.222. The third-order valence-corrected chi connectivity index (χ3v) is 4.76. The van der Waals surface area contributed by atoms with E-state index in [4.69, 9.17) is 5.73 Å².